The molecule has 0 aromatic heterocycles. The summed E-state index contributed by atoms with van der Waals surface area (Å²) in [6.45, 7) is 4.81. The maximum absolute atomic E-state index is 5.80. The minimum absolute atomic E-state index is 0.574. The molecule has 0 unspecified atom stereocenters. The molecule has 0 heterocycles. The second kappa shape index (κ2) is 7.76. The monoisotopic (exact) mass is 298 g/mol. The quantitative estimate of drug-likeness (QED) is 0.578. The van der Waals surface area contributed by atoms with Gasteiger partial charge in [-0.2, -0.15) is 0 Å². The van der Waals surface area contributed by atoms with E-state index in [2.05, 4.69) is 43.9 Å². The third-order valence-corrected chi connectivity index (χ3v) is 3.47. The van der Waals surface area contributed by atoms with Crippen molar-refractivity contribution in [2.75, 3.05) is 5.88 Å². The first-order valence-corrected chi connectivity index (χ1v) is 7.56. The van der Waals surface area contributed by atoms with Crippen molar-refractivity contribution in [1.29, 1.82) is 0 Å². The van der Waals surface area contributed by atoms with Gasteiger partial charge in [-0.1, -0.05) is 30.0 Å². The molecule has 0 spiro atoms. The summed E-state index contributed by atoms with van der Waals surface area (Å²) in [7, 11) is 0. The van der Waals surface area contributed by atoms with Gasteiger partial charge in [0.05, 0.1) is 0 Å². The predicted octanol–water partition coefficient (Wildman–Crippen LogP) is 4.86. The van der Waals surface area contributed by atoms with Crippen molar-refractivity contribution < 1.29 is 4.74 Å². The number of alkyl halides is 1. The molecule has 108 valence electrons. The van der Waals surface area contributed by atoms with E-state index in [-0.39, 0.29) is 0 Å². The van der Waals surface area contributed by atoms with Crippen LogP contribution in [0.25, 0.3) is 0 Å². The Morgan fingerprint density at radius 1 is 1.00 bits per heavy atom. The van der Waals surface area contributed by atoms with E-state index in [1.54, 1.807) is 0 Å². The third kappa shape index (κ3) is 4.85. The molecule has 0 bridgehead atoms. The molecule has 0 fully saturated rings. The molecule has 2 aromatic rings. The van der Waals surface area contributed by atoms with Crippen LogP contribution in [0.15, 0.2) is 42.5 Å². The van der Waals surface area contributed by atoms with E-state index in [1.807, 2.05) is 24.3 Å². The van der Waals surface area contributed by atoms with E-state index < -0.39 is 0 Å². The maximum atomic E-state index is 5.80. The molecule has 0 N–H and O–H groups in total. The first kappa shape index (κ1) is 15.5. The van der Waals surface area contributed by atoms with Gasteiger partial charge in [0.15, 0.2) is 0 Å². The molecule has 2 rings (SSSR count). The normalized spacial score (nSPS) is 9.86. The Morgan fingerprint density at radius 2 is 1.76 bits per heavy atom. The Kier molecular flexibility index (Phi) is 5.72. The predicted molar refractivity (Wildman–Crippen MR) is 88.9 cm³/mol. The van der Waals surface area contributed by atoms with Crippen LogP contribution in [0.3, 0.4) is 0 Å². The van der Waals surface area contributed by atoms with Crippen LogP contribution < -0.4 is 4.74 Å². The number of rotatable bonds is 4. The first-order valence-electron chi connectivity index (χ1n) is 7.03. The average Bonchev–Trinajstić information content (AvgIpc) is 2.50. The van der Waals surface area contributed by atoms with E-state index in [4.69, 9.17) is 16.3 Å². The zero-order chi connectivity index (χ0) is 15.1. The van der Waals surface area contributed by atoms with Crippen molar-refractivity contribution in [3.8, 4) is 17.6 Å². The zero-order valence-corrected chi connectivity index (χ0v) is 13.2. The number of benzene rings is 2. The van der Waals surface area contributed by atoms with Gasteiger partial charge >= 0.3 is 0 Å². The smallest absolute Gasteiger partial charge is 0.119 e. The molecule has 0 amide bonds. The summed E-state index contributed by atoms with van der Waals surface area (Å²) in [6.07, 6.45) is 0.715. The molecule has 0 aliphatic carbocycles. The summed E-state index contributed by atoms with van der Waals surface area (Å²) in [5.74, 6) is 7.52. The average molecular weight is 299 g/mol. The standard InChI is InChI=1S/C19H19ClO/c1-15-6-7-18(13-16(15)2)14-21-19-10-8-17(9-11-19)5-3-4-12-20/h6-11,13H,4,12,14H2,1-2H3. The largest absolute Gasteiger partial charge is 0.489 e. The Morgan fingerprint density at radius 3 is 2.43 bits per heavy atom. The van der Waals surface area contributed by atoms with E-state index >= 15 is 0 Å². The van der Waals surface area contributed by atoms with Gasteiger partial charge in [-0.05, 0) is 54.8 Å². The fraction of sp³-hybridized carbons (Fsp3) is 0.263. The Labute approximate surface area is 131 Å². The minimum atomic E-state index is 0.574. The van der Waals surface area contributed by atoms with Gasteiger partial charge in [0.1, 0.15) is 12.4 Å². The van der Waals surface area contributed by atoms with Gasteiger partial charge in [0.25, 0.3) is 0 Å². The lowest BCUT2D eigenvalue weighted by Gasteiger charge is -2.08. The van der Waals surface area contributed by atoms with Crippen molar-refractivity contribution in [2.45, 2.75) is 26.9 Å². The van der Waals surface area contributed by atoms with Crippen LogP contribution in [0.2, 0.25) is 0 Å². The number of ether oxygens (including phenoxy) is 1. The van der Waals surface area contributed by atoms with Crippen LogP contribution in [0.4, 0.5) is 0 Å². The molecule has 2 aromatic carbocycles. The molecule has 1 nitrogen and oxygen atoms in total. The molecule has 0 aliphatic rings. The van der Waals surface area contributed by atoms with Crippen molar-refractivity contribution in [3.05, 3.63) is 64.7 Å². The van der Waals surface area contributed by atoms with Crippen molar-refractivity contribution in [2.24, 2.45) is 0 Å². The van der Waals surface area contributed by atoms with Gasteiger partial charge < -0.3 is 4.74 Å². The molecular formula is C19H19ClO. The van der Waals surface area contributed by atoms with Crippen molar-refractivity contribution >= 4 is 11.6 Å². The van der Waals surface area contributed by atoms with E-state index in [9.17, 15) is 0 Å². The first-order chi connectivity index (χ1) is 10.2. The second-order valence-corrected chi connectivity index (χ2v) is 5.35. The van der Waals surface area contributed by atoms with Crippen LogP contribution in [0.5, 0.6) is 5.75 Å². The summed E-state index contributed by atoms with van der Waals surface area (Å²) >= 11 is 5.59. The summed E-state index contributed by atoms with van der Waals surface area (Å²) < 4.78 is 5.80. The van der Waals surface area contributed by atoms with Gasteiger partial charge in [0.2, 0.25) is 0 Å². The van der Waals surface area contributed by atoms with Crippen LogP contribution >= 0.6 is 11.6 Å². The number of halogens is 1. The van der Waals surface area contributed by atoms with Gasteiger partial charge in [-0.15, -0.1) is 11.6 Å². The van der Waals surface area contributed by atoms with Crippen molar-refractivity contribution in [3.63, 3.8) is 0 Å². The molecule has 0 atom stereocenters. The number of hydrogen-bond acceptors (Lipinski definition) is 1. The highest BCUT2D eigenvalue weighted by molar-refractivity contribution is 6.18. The number of aryl methyl sites for hydroxylation is 2. The molecular weight excluding hydrogens is 280 g/mol. The van der Waals surface area contributed by atoms with Gasteiger partial charge in [0, 0.05) is 17.9 Å². The Hall–Kier alpha value is -1.91. The maximum Gasteiger partial charge on any atom is 0.119 e. The second-order valence-electron chi connectivity index (χ2n) is 4.97. The topological polar surface area (TPSA) is 9.23 Å². The van der Waals surface area contributed by atoms with Crippen LogP contribution in [0, 0.1) is 25.7 Å². The van der Waals surface area contributed by atoms with Crippen LogP contribution in [0.1, 0.15) is 28.7 Å². The van der Waals surface area contributed by atoms with E-state index in [0.29, 0.717) is 18.9 Å². The molecule has 0 aliphatic heterocycles. The summed E-state index contributed by atoms with van der Waals surface area (Å²) in [4.78, 5) is 0. The fourth-order valence-corrected chi connectivity index (χ4v) is 2.00. The zero-order valence-electron chi connectivity index (χ0n) is 12.4. The Bertz CT molecular complexity index is 648. The summed E-state index contributed by atoms with van der Waals surface area (Å²) in [5.41, 5.74) is 4.77. The van der Waals surface area contributed by atoms with E-state index in [0.717, 1.165) is 11.3 Å². The molecule has 21 heavy (non-hydrogen) atoms. The highest BCUT2D eigenvalue weighted by Gasteiger charge is 1.98. The van der Waals surface area contributed by atoms with Gasteiger partial charge in [-0.25, -0.2) is 0 Å². The highest BCUT2D eigenvalue weighted by atomic mass is 35.5. The SMILES string of the molecule is Cc1ccc(COc2ccc(C#CCCCl)cc2)cc1C. The third-order valence-electron chi connectivity index (χ3n) is 3.28. The molecule has 0 saturated heterocycles. The fourth-order valence-electron chi connectivity index (χ4n) is 1.91. The lowest BCUT2D eigenvalue weighted by molar-refractivity contribution is 0.306. The molecule has 0 radical (unpaired) electrons. The summed E-state index contributed by atoms with van der Waals surface area (Å²) in [5, 5.41) is 0. The van der Waals surface area contributed by atoms with Crippen LogP contribution in [-0.2, 0) is 6.61 Å². The highest BCUT2D eigenvalue weighted by Crippen LogP contribution is 2.15. The minimum Gasteiger partial charge on any atom is -0.489 e. The van der Waals surface area contributed by atoms with Gasteiger partial charge in [-0.3, -0.25) is 0 Å². The number of hydrogen-bond donors (Lipinski definition) is 0. The summed E-state index contributed by atoms with van der Waals surface area (Å²) in [6, 6.07) is 14.2. The van der Waals surface area contributed by atoms with Crippen LogP contribution in [-0.4, -0.2) is 5.88 Å². The molecule has 2 heteroatoms. The van der Waals surface area contributed by atoms with Crippen molar-refractivity contribution in [1.82, 2.24) is 0 Å². The Balaban J connectivity index is 1.94. The molecule has 0 saturated carbocycles. The lowest BCUT2D eigenvalue weighted by atomic mass is 10.1. The van der Waals surface area contributed by atoms with E-state index in [1.165, 1.54) is 16.7 Å². The lowest BCUT2D eigenvalue weighted by Crippen LogP contribution is -1.96.